The number of hydrogen-bond donors (Lipinski definition) is 1. The number of rotatable bonds is 5. The van der Waals surface area contributed by atoms with E-state index in [1.165, 1.54) is 28.6 Å². The van der Waals surface area contributed by atoms with Crippen LogP contribution < -0.4 is 5.32 Å². The van der Waals surface area contributed by atoms with Gasteiger partial charge in [-0.1, -0.05) is 11.6 Å². The van der Waals surface area contributed by atoms with Crippen molar-refractivity contribution in [2.24, 2.45) is 0 Å². The Hall–Kier alpha value is -2.12. The molecule has 1 aromatic carbocycles. The number of anilines is 1. The van der Waals surface area contributed by atoms with Crippen LogP contribution in [0.2, 0.25) is 5.02 Å². The van der Waals surface area contributed by atoms with Gasteiger partial charge in [0.25, 0.3) is 5.91 Å². The van der Waals surface area contributed by atoms with Gasteiger partial charge < -0.3 is 10.1 Å². The van der Waals surface area contributed by atoms with Gasteiger partial charge in [0, 0.05) is 25.0 Å². The van der Waals surface area contributed by atoms with E-state index in [0.29, 0.717) is 0 Å². The van der Waals surface area contributed by atoms with Gasteiger partial charge in [0.05, 0.1) is 28.3 Å². The number of nitrogens with one attached hydrogen (secondary N) is 1. The maximum Gasteiger partial charge on any atom is 0.275 e. The molecule has 13 heteroatoms. The SMILES string of the molecule is C[C@H]1CN(S(=O)(=O)c2ccc(NC(=O)c3nc(S(C)(=O)=O)ncc3Cl)cc2)C[C@H](C)O1. The van der Waals surface area contributed by atoms with E-state index in [1.807, 2.05) is 13.8 Å². The minimum absolute atomic E-state index is 0.0752. The molecule has 1 aliphatic heterocycles. The molecule has 10 nitrogen and oxygen atoms in total. The highest BCUT2D eigenvalue weighted by atomic mass is 35.5. The highest BCUT2D eigenvalue weighted by Crippen LogP contribution is 2.23. The fourth-order valence-electron chi connectivity index (χ4n) is 3.07. The quantitative estimate of drug-likeness (QED) is 0.626. The zero-order valence-electron chi connectivity index (χ0n) is 16.9. The number of benzene rings is 1. The predicted octanol–water partition coefficient (Wildman–Crippen LogP) is 1.58. The third-order valence-electron chi connectivity index (χ3n) is 4.40. The van der Waals surface area contributed by atoms with Crippen molar-refractivity contribution in [3.8, 4) is 0 Å². The zero-order chi connectivity index (χ0) is 23.0. The van der Waals surface area contributed by atoms with Crippen molar-refractivity contribution in [1.82, 2.24) is 14.3 Å². The molecule has 0 bridgehead atoms. The summed E-state index contributed by atoms with van der Waals surface area (Å²) in [7, 11) is -7.45. The van der Waals surface area contributed by atoms with Gasteiger partial charge in [-0.3, -0.25) is 4.79 Å². The number of nitrogens with zero attached hydrogens (tertiary/aromatic N) is 3. The Bertz CT molecular complexity index is 1190. The first-order valence-corrected chi connectivity index (χ1v) is 12.9. The number of aromatic nitrogens is 2. The summed E-state index contributed by atoms with van der Waals surface area (Å²) in [4.78, 5) is 19.9. The van der Waals surface area contributed by atoms with E-state index in [9.17, 15) is 21.6 Å². The molecule has 1 amide bonds. The summed E-state index contributed by atoms with van der Waals surface area (Å²) in [6.45, 7) is 4.12. The maximum absolute atomic E-state index is 12.9. The van der Waals surface area contributed by atoms with Gasteiger partial charge in [-0.2, -0.15) is 4.31 Å². The lowest BCUT2D eigenvalue weighted by atomic mass is 10.3. The third-order valence-corrected chi connectivity index (χ3v) is 7.39. The van der Waals surface area contributed by atoms with E-state index >= 15 is 0 Å². The average molecular weight is 489 g/mol. The minimum Gasteiger partial charge on any atom is -0.373 e. The van der Waals surface area contributed by atoms with Crippen LogP contribution in [0.15, 0.2) is 40.5 Å². The molecule has 0 aliphatic carbocycles. The first kappa shape index (κ1) is 23.5. The van der Waals surface area contributed by atoms with E-state index in [-0.39, 0.29) is 46.6 Å². The van der Waals surface area contributed by atoms with Crippen molar-refractivity contribution in [2.75, 3.05) is 24.7 Å². The summed E-state index contributed by atoms with van der Waals surface area (Å²) in [5.74, 6) is -0.760. The largest absolute Gasteiger partial charge is 0.373 e. The van der Waals surface area contributed by atoms with E-state index in [4.69, 9.17) is 16.3 Å². The number of sulfonamides is 1. The van der Waals surface area contributed by atoms with Gasteiger partial charge in [-0.25, -0.2) is 26.8 Å². The van der Waals surface area contributed by atoms with Crippen molar-refractivity contribution in [2.45, 2.75) is 36.1 Å². The number of hydrogen-bond acceptors (Lipinski definition) is 8. The summed E-state index contributed by atoms with van der Waals surface area (Å²) in [5.41, 5.74) is -0.0340. The third kappa shape index (κ3) is 5.39. The Balaban J connectivity index is 1.79. The number of ether oxygens (including phenoxy) is 1. The molecule has 31 heavy (non-hydrogen) atoms. The molecule has 1 aliphatic rings. The molecule has 1 fully saturated rings. The molecule has 1 N–H and O–H groups in total. The lowest BCUT2D eigenvalue weighted by molar-refractivity contribution is -0.0440. The first-order valence-electron chi connectivity index (χ1n) is 9.17. The standard InChI is InChI=1S/C18H21ClN4O6S2/c1-11-9-23(10-12(2)29-11)31(27,28)14-6-4-13(5-7-14)21-17(24)16-15(19)8-20-18(22-16)30(3,25)26/h4-8,11-12H,9-10H2,1-3H3,(H,21,24)/t11-,12-/m0/s1. The Labute approximate surface area is 185 Å². The number of halogens is 1. The van der Waals surface area contributed by atoms with Crippen molar-refractivity contribution >= 4 is 43.1 Å². The van der Waals surface area contributed by atoms with E-state index in [2.05, 4.69) is 15.3 Å². The van der Waals surface area contributed by atoms with E-state index in [0.717, 1.165) is 12.5 Å². The lowest BCUT2D eigenvalue weighted by Gasteiger charge is -2.34. The number of carbonyl (C=O) groups is 1. The Morgan fingerprint density at radius 2 is 1.71 bits per heavy atom. The molecule has 168 valence electrons. The highest BCUT2D eigenvalue weighted by Gasteiger charge is 2.32. The molecule has 2 heterocycles. The van der Waals surface area contributed by atoms with Gasteiger partial charge in [0.15, 0.2) is 5.69 Å². The van der Waals surface area contributed by atoms with Crippen LogP contribution in [-0.2, 0) is 24.6 Å². The molecular weight excluding hydrogens is 468 g/mol. The van der Waals surface area contributed by atoms with Crippen molar-refractivity contribution < 1.29 is 26.4 Å². The van der Waals surface area contributed by atoms with Gasteiger partial charge in [0.1, 0.15) is 0 Å². The van der Waals surface area contributed by atoms with Gasteiger partial charge in [-0.15, -0.1) is 0 Å². The second-order valence-electron chi connectivity index (χ2n) is 7.18. The van der Waals surface area contributed by atoms with Crippen molar-refractivity contribution in [3.05, 3.63) is 41.2 Å². The summed E-state index contributed by atoms with van der Waals surface area (Å²) in [5, 5.41) is 1.86. The van der Waals surface area contributed by atoms with Crippen LogP contribution in [0.3, 0.4) is 0 Å². The van der Waals surface area contributed by atoms with Crippen LogP contribution in [0, 0.1) is 0 Å². The van der Waals surface area contributed by atoms with Crippen LogP contribution in [0.25, 0.3) is 0 Å². The zero-order valence-corrected chi connectivity index (χ0v) is 19.3. The van der Waals surface area contributed by atoms with Crippen molar-refractivity contribution in [3.63, 3.8) is 0 Å². The summed E-state index contributed by atoms with van der Waals surface area (Å²) < 4.78 is 56.0. The van der Waals surface area contributed by atoms with Crippen LogP contribution in [0.4, 0.5) is 5.69 Å². The smallest absolute Gasteiger partial charge is 0.275 e. The number of sulfone groups is 1. The van der Waals surface area contributed by atoms with Crippen LogP contribution in [0.5, 0.6) is 0 Å². The molecular formula is C18H21ClN4O6S2. The van der Waals surface area contributed by atoms with E-state index < -0.39 is 30.9 Å². The Morgan fingerprint density at radius 3 is 2.26 bits per heavy atom. The normalized spacial score (nSPS) is 20.4. The molecule has 2 aromatic rings. The predicted molar refractivity (Wildman–Crippen MR) is 113 cm³/mol. The number of morpholine rings is 1. The second kappa shape index (κ2) is 8.79. The number of amides is 1. The summed E-state index contributed by atoms with van der Waals surface area (Å²) in [6.07, 6.45) is 1.51. The molecule has 3 rings (SSSR count). The summed E-state index contributed by atoms with van der Waals surface area (Å²) >= 11 is 5.93. The molecule has 2 atom stereocenters. The topological polar surface area (TPSA) is 136 Å². The van der Waals surface area contributed by atoms with Crippen molar-refractivity contribution in [1.29, 1.82) is 0 Å². The monoisotopic (exact) mass is 488 g/mol. The molecule has 0 radical (unpaired) electrons. The fraction of sp³-hybridized carbons (Fsp3) is 0.389. The fourth-order valence-corrected chi connectivity index (χ4v) is 5.33. The number of carbonyl (C=O) groups excluding carboxylic acids is 1. The average Bonchev–Trinajstić information content (AvgIpc) is 2.67. The van der Waals surface area contributed by atoms with E-state index in [1.54, 1.807) is 0 Å². The first-order chi connectivity index (χ1) is 14.4. The van der Waals surface area contributed by atoms with Gasteiger partial charge in [0.2, 0.25) is 25.0 Å². The molecule has 0 unspecified atom stereocenters. The highest BCUT2D eigenvalue weighted by molar-refractivity contribution is 7.90. The van der Waals surface area contributed by atoms with Gasteiger partial charge in [-0.05, 0) is 38.1 Å². The maximum atomic E-state index is 12.9. The minimum atomic E-state index is -3.73. The Morgan fingerprint density at radius 1 is 1.13 bits per heavy atom. The summed E-state index contributed by atoms with van der Waals surface area (Å²) in [6, 6.07) is 5.59. The Kier molecular flexibility index (Phi) is 6.67. The van der Waals surface area contributed by atoms with Crippen LogP contribution in [-0.4, -0.2) is 68.6 Å². The van der Waals surface area contributed by atoms with Crippen LogP contribution >= 0.6 is 11.6 Å². The lowest BCUT2D eigenvalue weighted by Crippen LogP contribution is -2.48. The van der Waals surface area contributed by atoms with Crippen LogP contribution in [0.1, 0.15) is 24.3 Å². The van der Waals surface area contributed by atoms with Gasteiger partial charge >= 0.3 is 0 Å². The molecule has 1 saturated heterocycles. The molecule has 1 aromatic heterocycles. The molecule has 0 saturated carbocycles. The molecule has 0 spiro atoms. The second-order valence-corrected chi connectivity index (χ2v) is 11.4.